The van der Waals surface area contributed by atoms with Gasteiger partial charge in [0, 0.05) is 22.8 Å². The Morgan fingerprint density at radius 1 is 0.971 bits per heavy atom. The third kappa shape index (κ3) is 4.69. The number of carbonyl (C=O) groups excluding carboxylic acids is 2. The van der Waals surface area contributed by atoms with E-state index in [4.69, 9.17) is 4.74 Å². The fourth-order valence-corrected chi connectivity index (χ4v) is 5.03. The zero-order valence-corrected chi connectivity index (χ0v) is 19.0. The molecule has 0 radical (unpaired) electrons. The molecule has 0 aliphatic rings. The summed E-state index contributed by atoms with van der Waals surface area (Å²) in [6.07, 6.45) is 1.41. The Labute approximate surface area is 195 Å². The summed E-state index contributed by atoms with van der Waals surface area (Å²) in [6.45, 7) is 1.84. The van der Waals surface area contributed by atoms with Gasteiger partial charge in [-0.25, -0.2) is 17.6 Å². The molecule has 1 aromatic heterocycles. The van der Waals surface area contributed by atoms with Crippen LogP contribution in [0.2, 0.25) is 0 Å². The van der Waals surface area contributed by atoms with E-state index in [9.17, 15) is 22.4 Å². The summed E-state index contributed by atoms with van der Waals surface area (Å²) in [5, 5.41) is 3.19. The van der Waals surface area contributed by atoms with Crippen LogP contribution in [0.3, 0.4) is 0 Å². The molecule has 34 heavy (non-hydrogen) atoms. The van der Waals surface area contributed by atoms with Crippen molar-refractivity contribution in [1.29, 1.82) is 0 Å². The lowest BCUT2D eigenvalue weighted by Gasteiger charge is -2.08. The van der Waals surface area contributed by atoms with Crippen LogP contribution in [0.15, 0.2) is 88.8 Å². The van der Waals surface area contributed by atoms with Crippen LogP contribution in [0, 0.1) is 5.82 Å². The maximum atomic E-state index is 13.3. The molecular formula is C25H21FN2O5S. The molecule has 7 nitrogen and oxygen atoms in total. The van der Waals surface area contributed by atoms with Gasteiger partial charge in [-0.15, -0.1) is 0 Å². The number of carbonyl (C=O) groups is 2. The van der Waals surface area contributed by atoms with Gasteiger partial charge in [0.1, 0.15) is 12.4 Å². The number of aromatic nitrogens is 1. The van der Waals surface area contributed by atoms with Gasteiger partial charge in [-0.2, -0.15) is 0 Å². The highest BCUT2D eigenvalue weighted by Gasteiger charge is 2.24. The number of hydrogen-bond acceptors (Lipinski definition) is 5. The van der Waals surface area contributed by atoms with Gasteiger partial charge in [-0.1, -0.05) is 18.2 Å². The van der Waals surface area contributed by atoms with Crippen molar-refractivity contribution in [3.8, 4) is 0 Å². The van der Waals surface area contributed by atoms with E-state index in [-0.39, 0.29) is 28.8 Å². The fourth-order valence-electron chi connectivity index (χ4n) is 3.56. The number of halogens is 1. The van der Waals surface area contributed by atoms with Crippen LogP contribution >= 0.6 is 0 Å². The van der Waals surface area contributed by atoms with Gasteiger partial charge in [0.2, 0.25) is 15.7 Å². The lowest BCUT2D eigenvalue weighted by Crippen LogP contribution is -2.18. The molecule has 0 aliphatic heterocycles. The number of nitrogens with zero attached hydrogens (tertiary/aromatic N) is 1. The number of sulfone groups is 1. The molecule has 0 aliphatic carbocycles. The summed E-state index contributed by atoms with van der Waals surface area (Å²) in [6, 6.07) is 17.7. The molecule has 3 aromatic carbocycles. The van der Waals surface area contributed by atoms with E-state index >= 15 is 0 Å². The molecule has 4 rings (SSSR count). The molecule has 1 N–H and O–H groups in total. The third-order valence-electron chi connectivity index (χ3n) is 5.16. The summed E-state index contributed by atoms with van der Waals surface area (Å²) in [7, 11) is -3.94. The molecule has 0 bridgehead atoms. The predicted octanol–water partition coefficient (Wildman–Crippen LogP) is 4.43. The van der Waals surface area contributed by atoms with Crippen molar-refractivity contribution in [2.45, 2.75) is 23.3 Å². The fraction of sp³-hybridized carbons (Fsp3) is 0.120. The van der Waals surface area contributed by atoms with Gasteiger partial charge >= 0.3 is 5.97 Å². The number of benzene rings is 3. The first-order valence-corrected chi connectivity index (χ1v) is 11.9. The van der Waals surface area contributed by atoms with Gasteiger partial charge in [0.25, 0.3) is 0 Å². The van der Waals surface area contributed by atoms with Gasteiger partial charge in [0.15, 0.2) is 0 Å². The molecule has 0 saturated heterocycles. The van der Waals surface area contributed by atoms with Crippen LogP contribution in [0.25, 0.3) is 10.9 Å². The van der Waals surface area contributed by atoms with Crippen molar-refractivity contribution in [3.63, 3.8) is 0 Å². The second-order valence-corrected chi connectivity index (χ2v) is 9.36. The first-order valence-electron chi connectivity index (χ1n) is 10.4. The van der Waals surface area contributed by atoms with Crippen LogP contribution < -0.4 is 5.32 Å². The summed E-state index contributed by atoms with van der Waals surface area (Å²) < 4.78 is 46.2. The Hall–Kier alpha value is -3.98. The number of esters is 1. The van der Waals surface area contributed by atoms with E-state index in [1.54, 1.807) is 60.0 Å². The minimum absolute atomic E-state index is 0.0290. The molecule has 1 heterocycles. The van der Waals surface area contributed by atoms with Gasteiger partial charge in [0.05, 0.1) is 22.0 Å². The van der Waals surface area contributed by atoms with Crippen molar-refractivity contribution in [2.24, 2.45) is 0 Å². The maximum absolute atomic E-state index is 13.3. The minimum atomic E-state index is -3.94. The van der Waals surface area contributed by atoms with E-state index in [1.807, 2.05) is 0 Å². The molecule has 0 unspecified atom stereocenters. The summed E-state index contributed by atoms with van der Waals surface area (Å²) in [5.74, 6) is -1.36. The van der Waals surface area contributed by atoms with Crippen LogP contribution in [0.1, 0.15) is 17.3 Å². The zero-order chi connectivity index (χ0) is 24.3. The van der Waals surface area contributed by atoms with E-state index in [0.717, 1.165) is 12.1 Å². The summed E-state index contributed by atoms with van der Waals surface area (Å²) in [5.41, 5.74) is 1.41. The standard InChI is InChI=1S/C25H21FN2O5S/c1-2-33-25(30)17-7-11-19(12-8-17)27-24(29)16-28-15-23(21-5-3-4-6-22(21)28)34(31,32)20-13-9-18(26)10-14-20/h3-15H,2,16H2,1H3,(H,27,29). The Balaban J connectivity index is 1.59. The smallest absolute Gasteiger partial charge is 0.338 e. The molecule has 4 aromatic rings. The van der Waals surface area contributed by atoms with Crippen molar-refractivity contribution in [1.82, 2.24) is 4.57 Å². The van der Waals surface area contributed by atoms with Crippen molar-refractivity contribution < 1.29 is 27.1 Å². The van der Waals surface area contributed by atoms with Crippen LogP contribution in [-0.2, 0) is 25.9 Å². The maximum Gasteiger partial charge on any atom is 0.338 e. The van der Waals surface area contributed by atoms with E-state index in [1.165, 1.54) is 18.3 Å². The van der Waals surface area contributed by atoms with Crippen molar-refractivity contribution in [3.05, 3.63) is 90.4 Å². The largest absolute Gasteiger partial charge is 0.462 e. The monoisotopic (exact) mass is 480 g/mol. The summed E-state index contributed by atoms with van der Waals surface area (Å²) in [4.78, 5) is 24.5. The predicted molar refractivity (Wildman–Crippen MR) is 125 cm³/mol. The highest BCUT2D eigenvalue weighted by molar-refractivity contribution is 7.91. The van der Waals surface area contributed by atoms with Crippen LogP contribution in [0.5, 0.6) is 0 Å². The number of hydrogen-bond donors (Lipinski definition) is 1. The van der Waals surface area contributed by atoms with Gasteiger partial charge in [-0.05, 0) is 61.5 Å². The lowest BCUT2D eigenvalue weighted by molar-refractivity contribution is -0.116. The topological polar surface area (TPSA) is 94.5 Å². The number of fused-ring (bicyclic) bond motifs is 1. The SMILES string of the molecule is CCOC(=O)c1ccc(NC(=O)Cn2cc(S(=O)(=O)c3ccc(F)cc3)c3ccccc32)cc1. The molecule has 0 saturated carbocycles. The number of nitrogens with one attached hydrogen (secondary N) is 1. The first kappa shape index (κ1) is 23.2. The molecule has 1 amide bonds. The Morgan fingerprint density at radius 2 is 1.65 bits per heavy atom. The van der Waals surface area contributed by atoms with E-state index < -0.39 is 21.6 Å². The quantitative estimate of drug-likeness (QED) is 0.312. The number of amides is 1. The average molecular weight is 481 g/mol. The first-order chi connectivity index (χ1) is 16.3. The molecule has 0 spiro atoms. The molecule has 0 atom stereocenters. The van der Waals surface area contributed by atoms with Crippen LogP contribution in [0.4, 0.5) is 10.1 Å². The number of anilines is 1. The number of para-hydroxylation sites is 1. The highest BCUT2D eigenvalue weighted by atomic mass is 32.2. The lowest BCUT2D eigenvalue weighted by atomic mass is 10.2. The number of ether oxygens (including phenoxy) is 1. The van der Waals surface area contributed by atoms with Crippen LogP contribution in [-0.4, -0.2) is 31.5 Å². The van der Waals surface area contributed by atoms with Crippen molar-refractivity contribution in [2.75, 3.05) is 11.9 Å². The van der Waals surface area contributed by atoms with E-state index in [2.05, 4.69) is 5.32 Å². The average Bonchev–Trinajstić information content (AvgIpc) is 3.19. The van der Waals surface area contributed by atoms with Gasteiger partial charge in [-0.3, -0.25) is 4.79 Å². The molecule has 0 fully saturated rings. The Kier molecular flexibility index (Phi) is 6.47. The second kappa shape index (κ2) is 9.48. The van der Waals surface area contributed by atoms with Gasteiger partial charge < -0.3 is 14.6 Å². The third-order valence-corrected chi connectivity index (χ3v) is 6.96. The Morgan fingerprint density at radius 3 is 2.32 bits per heavy atom. The number of rotatable bonds is 7. The summed E-state index contributed by atoms with van der Waals surface area (Å²) >= 11 is 0. The highest BCUT2D eigenvalue weighted by Crippen LogP contribution is 2.30. The molecule has 9 heteroatoms. The van der Waals surface area contributed by atoms with Crippen molar-refractivity contribution >= 4 is 38.3 Å². The minimum Gasteiger partial charge on any atom is -0.462 e. The zero-order valence-electron chi connectivity index (χ0n) is 18.2. The normalized spacial score (nSPS) is 11.4. The Bertz CT molecular complexity index is 1460. The second-order valence-electron chi connectivity index (χ2n) is 7.44. The molecular weight excluding hydrogens is 459 g/mol. The molecule has 174 valence electrons. The van der Waals surface area contributed by atoms with E-state index in [0.29, 0.717) is 22.2 Å².